The number of fused-ring (bicyclic) bond motifs is 3. The van der Waals surface area contributed by atoms with E-state index in [0.29, 0.717) is 5.92 Å². The van der Waals surface area contributed by atoms with E-state index in [9.17, 15) is 14.7 Å². The predicted molar refractivity (Wildman–Crippen MR) is 89.2 cm³/mol. The number of pyridine rings is 1. The lowest BCUT2D eigenvalue weighted by Crippen LogP contribution is -2.29. The third kappa shape index (κ3) is 2.28. The van der Waals surface area contributed by atoms with Crippen molar-refractivity contribution >= 4 is 27.4 Å². The maximum atomic E-state index is 13.0. The van der Waals surface area contributed by atoms with Crippen molar-refractivity contribution in [1.29, 1.82) is 0 Å². The van der Waals surface area contributed by atoms with Gasteiger partial charge in [0.25, 0.3) is 5.56 Å². The van der Waals surface area contributed by atoms with E-state index in [1.165, 1.54) is 9.44 Å². The van der Waals surface area contributed by atoms with E-state index in [1.54, 1.807) is 17.4 Å². The van der Waals surface area contributed by atoms with Crippen LogP contribution < -0.4 is 5.56 Å². The number of hydrogen-bond acceptors (Lipinski definition) is 3. The molecule has 0 saturated heterocycles. The van der Waals surface area contributed by atoms with Crippen molar-refractivity contribution in [3.63, 3.8) is 0 Å². The smallest absolute Gasteiger partial charge is 0.352 e. The molecule has 2 atom stereocenters. The summed E-state index contributed by atoms with van der Waals surface area (Å²) < 4.78 is 2.30. The van der Waals surface area contributed by atoms with E-state index in [-0.39, 0.29) is 17.3 Å². The molecule has 1 aliphatic carbocycles. The highest BCUT2D eigenvalue weighted by Gasteiger charge is 2.25. The zero-order valence-corrected chi connectivity index (χ0v) is 14.0. The minimum absolute atomic E-state index is 0.110. The molecule has 5 heteroatoms. The summed E-state index contributed by atoms with van der Waals surface area (Å²) in [6, 6.07) is 1.58. The average molecular weight is 319 g/mol. The lowest BCUT2D eigenvalue weighted by Gasteiger charge is -2.19. The van der Waals surface area contributed by atoms with Crippen LogP contribution in [-0.2, 0) is 12.8 Å². The van der Waals surface area contributed by atoms with Crippen molar-refractivity contribution in [2.75, 3.05) is 0 Å². The largest absolute Gasteiger partial charge is 0.477 e. The quantitative estimate of drug-likeness (QED) is 0.934. The van der Waals surface area contributed by atoms with Crippen LogP contribution in [0, 0.1) is 5.92 Å². The maximum absolute atomic E-state index is 13.0. The molecule has 2 aromatic heterocycles. The first-order valence-electron chi connectivity index (χ1n) is 7.87. The zero-order valence-electron chi connectivity index (χ0n) is 13.2. The van der Waals surface area contributed by atoms with Crippen LogP contribution in [0.15, 0.2) is 10.9 Å². The highest BCUT2D eigenvalue weighted by atomic mass is 32.1. The van der Waals surface area contributed by atoms with Gasteiger partial charge in [-0.05, 0) is 50.2 Å². The molecule has 2 heterocycles. The first kappa shape index (κ1) is 15.3. The van der Waals surface area contributed by atoms with Gasteiger partial charge in [-0.2, -0.15) is 0 Å². The van der Waals surface area contributed by atoms with E-state index in [4.69, 9.17) is 0 Å². The summed E-state index contributed by atoms with van der Waals surface area (Å²) in [6.07, 6.45) is 3.76. The van der Waals surface area contributed by atoms with Gasteiger partial charge < -0.3 is 5.11 Å². The van der Waals surface area contributed by atoms with Gasteiger partial charge in [0.15, 0.2) is 0 Å². The Morgan fingerprint density at radius 1 is 1.55 bits per heavy atom. The number of hydrogen-bond donors (Lipinski definition) is 1. The van der Waals surface area contributed by atoms with Crippen LogP contribution in [0.3, 0.4) is 0 Å². The predicted octanol–water partition coefficient (Wildman–Crippen LogP) is 3.86. The number of aromatic carboxylic acids is 1. The first-order chi connectivity index (χ1) is 10.4. The molecule has 4 nitrogen and oxygen atoms in total. The summed E-state index contributed by atoms with van der Waals surface area (Å²) in [5.74, 6) is -0.393. The Morgan fingerprint density at radius 3 is 2.91 bits per heavy atom. The minimum atomic E-state index is -1.03. The summed E-state index contributed by atoms with van der Waals surface area (Å²) >= 11 is 1.60. The lowest BCUT2D eigenvalue weighted by molar-refractivity contribution is 0.0681. The van der Waals surface area contributed by atoms with Gasteiger partial charge in [-0.3, -0.25) is 9.36 Å². The Morgan fingerprint density at radius 2 is 2.27 bits per heavy atom. The van der Waals surface area contributed by atoms with E-state index in [0.717, 1.165) is 41.3 Å². The zero-order chi connectivity index (χ0) is 16.0. The summed E-state index contributed by atoms with van der Waals surface area (Å²) in [5, 5.41) is 10.2. The van der Waals surface area contributed by atoms with Crippen LogP contribution in [0.4, 0.5) is 0 Å². The first-order valence-corrected chi connectivity index (χ1v) is 8.68. The van der Waals surface area contributed by atoms with Gasteiger partial charge in [-0.15, -0.1) is 11.3 Å². The Balaban J connectivity index is 2.34. The number of rotatable bonds is 3. The number of aromatic nitrogens is 1. The third-order valence-corrected chi connectivity index (χ3v) is 5.95. The van der Waals surface area contributed by atoms with Crippen LogP contribution in [-0.4, -0.2) is 15.6 Å². The summed E-state index contributed by atoms with van der Waals surface area (Å²) in [4.78, 5) is 25.8. The fourth-order valence-electron chi connectivity index (χ4n) is 3.32. The van der Waals surface area contributed by atoms with Crippen molar-refractivity contribution in [1.82, 2.24) is 4.57 Å². The standard InChI is InChI=1S/C17H21NO3S/c1-4-10(3)18-12(17(20)21)8-14-15(16(18)19)11-6-5-9(2)7-13(11)22-14/h8-10H,4-7H2,1-3H3,(H,20,21). The van der Waals surface area contributed by atoms with E-state index < -0.39 is 5.97 Å². The molecule has 0 spiro atoms. The summed E-state index contributed by atoms with van der Waals surface area (Å²) in [5.41, 5.74) is 1.15. The normalized spacial score (nSPS) is 19.1. The van der Waals surface area contributed by atoms with Gasteiger partial charge >= 0.3 is 5.97 Å². The maximum Gasteiger partial charge on any atom is 0.352 e. The molecule has 0 amide bonds. The summed E-state index contributed by atoms with van der Waals surface area (Å²) in [6.45, 7) is 6.10. The fraction of sp³-hybridized carbons (Fsp3) is 0.529. The van der Waals surface area contributed by atoms with Crippen molar-refractivity contribution in [2.45, 2.75) is 52.5 Å². The highest BCUT2D eigenvalue weighted by Crippen LogP contribution is 2.37. The number of carboxylic acids is 1. The van der Waals surface area contributed by atoms with Crippen molar-refractivity contribution in [3.05, 3.63) is 32.6 Å². The number of thiophene rings is 1. The second kappa shape index (κ2) is 5.54. The monoisotopic (exact) mass is 319 g/mol. The van der Waals surface area contributed by atoms with E-state index >= 15 is 0 Å². The highest BCUT2D eigenvalue weighted by molar-refractivity contribution is 7.19. The molecule has 0 fully saturated rings. The molecule has 1 N–H and O–H groups in total. The molecule has 2 aromatic rings. The fourth-order valence-corrected chi connectivity index (χ4v) is 4.76. The Hall–Kier alpha value is -1.62. The molecule has 0 aromatic carbocycles. The van der Waals surface area contributed by atoms with Crippen LogP contribution >= 0.6 is 11.3 Å². The Labute approximate surface area is 133 Å². The van der Waals surface area contributed by atoms with Gasteiger partial charge in [0.05, 0.1) is 5.39 Å². The molecule has 3 rings (SSSR count). The number of carbonyl (C=O) groups is 1. The molecule has 2 unspecified atom stereocenters. The number of nitrogens with zero attached hydrogens (tertiary/aromatic N) is 1. The molecule has 22 heavy (non-hydrogen) atoms. The van der Waals surface area contributed by atoms with Crippen LogP contribution in [0.5, 0.6) is 0 Å². The van der Waals surface area contributed by atoms with Gasteiger partial charge in [0.1, 0.15) is 5.69 Å². The Kier molecular flexibility index (Phi) is 3.85. The van der Waals surface area contributed by atoms with Gasteiger partial charge in [-0.25, -0.2) is 4.79 Å². The topological polar surface area (TPSA) is 59.3 Å². The molecular formula is C17H21NO3S. The molecule has 118 valence electrons. The molecule has 0 aliphatic heterocycles. The van der Waals surface area contributed by atoms with Crippen LogP contribution in [0.2, 0.25) is 0 Å². The van der Waals surface area contributed by atoms with Crippen molar-refractivity contribution in [3.8, 4) is 0 Å². The van der Waals surface area contributed by atoms with Crippen molar-refractivity contribution < 1.29 is 9.90 Å². The number of aryl methyl sites for hydroxylation is 1. The second-order valence-corrected chi connectivity index (χ2v) is 7.49. The second-order valence-electron chi connectivity index (χ2n) is 6.36. The SMILES string of the molecule is CCC(C)n1c(C(=O)O)cc2sc3c(c2c1=O)CCC(C)C3. The summed E-state index contributed by atoms with van der Waals surface area (Å²) in [7, 11) is 0. The Bertz CT molecular complexity index is 802. The van der Waals surface area contributed by atoms with E-state index in [1.807, 2.05) is 13.8 Å². The van der Waals surface area contributed by atoms with E-state index in [2.05, 4.69) is 6.92 Å². The van der Waals surface area contributed by atoms with Gasteiger partial charge in [0, 0.05) is 15.6 Å². The molecule has 0 radical (unpaired) electrons. The van der Waals surface area contributed by atoms with Crippen LogP contribution in [0.25, 0.3) is 10.1 Å². The number of carboxylic acid groups (broad SMARTS) is 1. The van der Waals surface area contributed by atoms with Crippen LogP contribution in [0.1, 0.15) is 60.6 Å². The van der Waals surface area contributed by atoms with Crippen molar-refractivity contribution in [2.24, 2.45) is 5.92 Å². The molecule has 1 aliphatic rings. The molecule has 0 bridgehead atoms. The molecular weight excluding hydrogens is 298 g/mol. The minimum Gasteiger partial charge on any atom is -0.477 e. The van der Waals surface area contributed by atoms with Gasteiger partial charge in [-0.1, -0.05) is 13.8 Å². The molecule has 0 saturated carbocycles. The van der Waals surface area contributed by atoms with Gasteiger partial charge in [0.2, 0.25) is 0 Å². The lowest BCUT2D eigenvalue weighted by atomic mass is 9.89. The third-order valence-electron chi connectivity index (χ3n) is 4.75. The average Bonchev–Trinajstić information content (AvgIpc) is 2.83.